The summed E-state index contributed by atoms with van der Waals surface area (Å²) < 4.78 is 57.0. The Balaban J connectivity index is 2.00. The normalized spacial score (nSPS) is 12.5. The molecule has 0 saturated carbocycles. The standard InChI is InChI=1S/C26H28F2N2O5S/c1-16(35-3)14-30-15-22(26(32)29-13-18-8-10-21(11-9-18)36(4,33)34)24(31)23(17(30)2)19-6-5-7-20(12-19)25(27)28/h5-12,15-16,25H,13-14H2,1-4H3,(H,29,32). The van der Waals surface area contributed by atoms with Crippen molar-refractivity contribution in [3.05, 3.63) is 87.3 Å². The number of hydrogen-bond acceptors (Lipinski definition) is 5. The Morgan fingerprint density at radius 3 is 2.39 bits per heavy atom. The van der Waals surface area contributed by atoms with E-state index in [2.05, 4.69) is 5.32 Å². The molecule has 1 N–H and O–H groups in total. The number of halogens is 2. The molecule has 1 amide bonds. The maximum atomic E-state index is 13.4. The summed E-state index contributed by atoms with van der Waals surface area (Å²) in [6.45, 7) is 3.91. The fraction of sp³-hybridized carbons (Fsp3) is 0.308. The molecule has 10 heteroatoms. The summed E-state index contributed by atoms with van der Waals surface area (Å²) in [6, 6.07) is 11.6. The third-order valence-electron chi connectivity index (χ3n) is 5.88. The molecule has 7 nitrogen and oxygen atoms in total. The molecular formula is C26H28F2N2O5S. The minimum Gasteiger partial charge on any atom is -0.380 e. The van der Waals surface area contributed by atoms with Gasteiger partial charge in [-0.25, -0.2) is 17.2 Å². The first kappa shape index (κ1) is 27.2. The van der Waals surface area contributed by atoms with E-state index in [4.69, 9.17) is 4.74 Å². The van der Waals surface area contributed by atoms with Crippen LogP contribution in [-0.2, 0) is 27.7 Å². The lowest BCUT2D eigenvalue weighted by Gasteiger charge is -2.20. The number of hydrogen-bond donors (Lipinski definition) is 1. The number of amides is 1. The van der Waals surface area contributed by atoms with Gasteiger partial charge in [0, 0.05) is 49.5 Å². The number of nitrogens with zero attached hydrogens (tertiary/aromatic N) is 1. The van der Waals surface area contributed by atoms with E-state index in [0.717, 1.165) is 6.26 Å². The van der Waals surface area contributed by atoms with Crippen LogP contribution in [0.2, 0.25) is 0 Å². The van der Waals surface area contributed by atoms with Gasteiger partial charge in [0.1, 0.15) is 5.56 Å². The number of benzene rings is 2. The van der Waals surface area contributed by atoms with Crippen LogP contribution in [0.1, 0.15) is 40.5 Å². The van der Waals surface area contributed by atoms with Gasteiger partial charge in [-0.2, -0.15) is 0 Å². The van der Waals surface area contributed by atoms with Crippen molar-refractivity contribution < 1.29 is 26.7 Å². The summed E-state index contributed by atoms with van der Waals surface area (Å²) >= 11 is 0. The van der Waals surface area contributed by atoms with Crippen molar-refractivity contribution in [2.75, 3.05) is 13.4 Å². The minimum absolute atomic E-state index is 0.0564. The van der Waals surface area contributed by atoms with E-state index in [1.165, 1.54) is 43.6 Å². The first-order chi connectivity index (χ1) is 16.9. The van der Waals surface area contributed by atoms with Crippen LogP contribution >= 0.6 is 0 Å². The number of pyridine rings is 1. The lowest BCUT2D eigenvalue weighted by molar-refractivity contribution is 0.0942. The molecule has 2 aromatic carbocycles. The topological polar surface area (TPSA) is 94.5 Å². The molecule has 0 radical (unpaired) electrons. The highest BCUT2D eigenvalue weighted by molar-refractivity contribution is 7.90. The molecule has 0 bridgehead atoms. The fourth-order valence-electron chi connectivity index (χ4n) is 3.76. The van der Waals surface area contributed by atoms with Gasteiger partial charge in [-0.15, -0.1) is 0 Å². The van der Waals surface area contributed by atoms with Gasteiger partial charge in [0.05, 0.1) is 11.0 Å². The van der Waals surface area contributed by atoms with Crippen LogP contribution in [0.15, 0.2) is 64.4 Å². The quantitative estimate of drug-likeness (QED) is 0.460. The van der Waals surface area contributed by atoms with Crippen LogP contribution < -0.4 is 10.7 Å². The predicted octanol–water partition coefficient (Wildman–Crippen LogP) is 4.13. The highest BCUT2D eigenvalue weighted by atomic mass is 32.2. The zero-order chi connectivity index (χ0) is 26.6. The van der Waals surface area contributed by atoms with Crippen LogP contribution in [0.3, 0.4) is 0 Å². The minimum atomic E-state index is -3.35. The molecular weight excluding hydrogens is 490 g/mol. The van der Waals surface area contributed by atoms with E-state index in [9.17, 15) is 26.8 Å². The second kappa shape index (κ2) is 11.1. The Morgan fingerprint density at radius 1 is 1.14 bits per heavy atom. The molecule has 0 aliphatic carbocycles. The van der Waals surface area contributed by atoms with Gasteiger partial charge in [-0.3, -0.25) is 9.59 Å². The number of alkyl halides is 2. The van der Waals surface area contributed by atoms with Gasteiger partial charge in [0.25, 0.3) is 12.3 Å². The number of carbonyl (C=O) groups is 1. The van der Waals surface area contributed by atoms with Gasteiger partial charge in [-0.1, -0.05) is 30.3 Å². The summed E-state index contributed by atoms with van der Waals surface area (Å²) in [5.41, 5.74) is 0.658. The monoisotopic (exact) mass is 518 g/mol. The van der Waals surface area contributed by atoms with E-state index in [0.29, 0.717) is 23.4 Å². The Kier molecular flexibility index (Phi) is 8.42. The third-order valence-corrected chi connectivity index (χ3v) is 7.01. The largest absolute Gasteiger partial charge is 0.380 e. The van der Waals surface area contributed by atoms with Crippen molar-refractivity contribution >= 4 is 15.7 Å². The number of sulfone groups is 1. The van der Waals surface area contributed by atoms with E-state index in [1.54, 1.807) is 29.7 Å². The average Bonchev–Trinajstić information content (AvgIpc) is 2.84. The molecule has 0 aliphatic rings. The molecule has 1 unspecified atom stereocenters. The van der Waals surface area contributed by atoms with Crippen molar-refractivity contribution in [3.63, 3.8) is 0 Å². The zero-order valence-electron chi connectivity index (χ0n) is 20.4. The van der Waals surface area contributed by atoms with Crippen molar-refractivity contribution in [3.8, 4) is 11.1 Å². The predicted molar refractivity (Wildman–Crippen MR) is 133 cm³/mol. The number of carbonyl (C=O) groups excluding carboxylic acids is 1. The van der Waals surface area contributed by atoms with Crippen LogP contribution in [0.4, 0.5) is 8.78 Å². The van der Waals surface area contributed by atoms with Crippen molar-refractivity contribution in [2.24, 2.45) is 0 Å². The summed E-state index contributed by atoms with van der Waals surface area (Å²) in [6.07, 6.45) is -0.404. The van der Waals surface area contributed by atoms with Gasteiger partial charge in [0.2, 0.25) is 5.43 Å². The fourth-order valence-corrected chi connectivity index (χ4v) is 4.39. The molecule has 0 saturated heterocycles. The molecule has 36 heavy (non-hydrogen) atoms. The number of aromatic nitrogens is 1. The second-order valence-electron chi connectivity index (χ2n) is 8.56. The van der Waals surface area contributed by atoms with Crippen LogP contribution in [0.5, 0.6) is 0 Å². The summed E-state index contributed by atoms with van der Waals surface area (Å²) in [7, 11) is -1.81. The lowest BCUT2D eigenvalue weighted by Crippen LogP contribution is -2.31. The second-order valence-corrected chi connectivity index (χ2v) is 10.6. The number of methoxy groups -OCH3 is 1. The van der Waals surface area contributed by atoms with E-state index in [1.807, 2.05) is 6.92 Å². The zero-order valence-corrected chi connectivity index (χ0v) is 21.2. The van der Waals surface area contributed by atoms with Crippen molar-refractivity contribution in [2.45, 2.75) is 44.4 Å². The number of ether oxygens (including phenoxy) is 1. The molecule has 0 spiro atoms. The molecule has 1 heterocycles. The van der Waals surface area contributed by atoms with Gasteiger partial charge < -0.3 is 14.6 Å². The molecule has 0 aliphatic heterocycles. The Labute approximate surface area is 208 Å². The smallest absolute Gasteiger partial charge is 0.263 e. The Morgan fingerprint density at radius 2 is 1.81 bits per heavy atom. The van der Waals surface area contributed by atoms with Gasteiger partial charge >= 0.3 is 0 Å². The highest BCUT2D eigenvalue weighted by Gasteiger charge is 2.21. The van der Waals surface area contributed by atoms with Crippen LogP contribution in [0, 0.1) is 6.92 Å². The maximum Gasteiger partial charge on any atom is 0.263 e. The van der Waals surface area contributed by atoms with E-state index in [-0.39, 0.29) is 34.2 Å². The molecule has 192 valence electrons. The molecule has 0 fully saturated rings. The molecule has 3 aromatic rings. The highest BCUT2D eigenvalue weighted by Crippen LogP contribution is 2.26. The summed E-state index contributed by atoms with van der Waals surface area (Å²) in [4.78, 5) is 26.7. The first-order valence-corrected chi connectivity index (χ1v) is 13.0. The van der Waals surface area contributed by atoms with Gasteiger partial charge in [-0.05, 0) is 43.2 Å². The SMILES string of the molecule is COC(C)Cn1cc(C(=O)NCc2ccc(S(C)(=O)=O)cc2)c(=O)c(-c2cccc(C(F)F)c2)c1C. The molecule has 1 aromatic heterocycles. The van der Waals surface area contributed by atoms with Crippen molar-refractivity contribution in [1.82, 2.24) is 9.88 Å². The van der Waals surface area contributed by atoms with Crippen LogP contribution in [0.25, 0.3) is 11.1 Å². The summed E-state index contributed by atoms with van der Waals surface area (Å²) in [5.74, 6) is -0.641. The van der Waals surface area contributed by atoms with Gasteiger partial charge in [0.15, 0.2) is 9.84 Å². The molecule has 3 rings (SSSR count). The molecule has 1 atom stereocenters. The summed E-state index contributed by atoms with van der Waals surface area (Å²) in [5, 5.41) is 2.68. The number of rotatable bonds is 9. The average molecular weight is 519 g/mol. The Hall–Kier alpha value is -3.37. The van der Waals surface area contributed by atoms with E-state index >= 15 is 0 Å². The van der Waals surface area contributed by atoms with E-state index < -0.39 is 27.6 Å². The third kappa shape index (κ3) is 6.24. The Bertz CT molecular complexity index is 1420. The maximum absolute atomic E-state index is 13.4. The lowest BCUT2D eigenvalue weighted by atomic mass is 9.99. The number of nitrogens with one attached hydrogen (secondary N) is 1. The van der Waals surface area contributed by atoms with Crippen LogP contribution in [-0.4, -0.2) is 38.4 Å². The first-order valence-electron chi connectivity index (χ1n) is 11.1. The van der Waals surface area contributed by atoms with Crippen molar-refractivity contribution in [1.29, 1.82) is 0 Å².